The molecule has 1 N–H and O–H groups in total. The van der Waals surface area contributed by atoms with Crippen LogP contribution in [0.5, 0.6) is 0 Å². The third-order valence-electron chi connectivity index (χ3n) is 4.91. The molecule has 23 heteroatoms. The van der Waals surface area contributed by atoms with Crippen molar-refractivity contribution in [2.75, 3.05) is 13.6 Å². The fraction of sp³-hybridized carbons (Fsp3) is 0.857. The molecule has 0 aromatic rings. The van der Waals surface area contributed by atoms with Crippen LogP contribution in [0.15, 0.2) is 12.4 Å². The molecule has 0 amide bonds. The molecule has 37 heavy (non-hydrogen) atoms. The van der Waals surface area contributed by atoms with Gasteiger partial charge in [-0.1, -0.05) is 0 Å². The Labute approximate surface area is 194 Å². The van der Waals surface area contributed by atoms with Gasteiger partial charge in [0.1, 0.15) is 0 Å². The zero-order valence-electron chi connectivity index (χ0n) is 17.1. The van der Waals surface area contributed by atoms with E-state index in [1.165, 1.54) is 0 Å². The Balaban J connectivity index is 3.37. The molecule has 0 fully saturated rings. The van der Waals surface area contributed by atoms with Gasteiger partial charge >= 0.3 is 57.1 Å². The molecule has 1 unspecified atom stereocenters. The molecule has 5 nitrogen and oxygen atoms in total. The standard InChI is InChI=1S/C14H11F17N2O3S/c1-32-4-5-33(6(32)8(17,18)14(30,31)37(34,35)36)3-2-7(15,16)9(19,20)10(21,22)11(23,24)12(25,26)13(27,28)29/h4-6H,2-3H2,1H3,(H,34,35,36). The monoisotopic (exact) mass is 610 g/mol. The van der Waals surface area contributed by atoms with Crippen molar-refractivity contribution in [2.45, 2.75) is 59.6 Å². The van der Waals surface area contributed by atoms with E-state index < -0.39 is 81.1 Å². The van der Waals surface area contributed by atoms with E-state index in [2.05, 4.69) is 0 Å². The number of alkyl halides is 17. The second kappa shape index (κ2) is 8.79. The third kappa shape index (κ3) is 4.73. The molecule has 0 bridgehead atoms. The van der Waals surface area contributed by atoms with E-state index in [9.17, 15) is 83.1 Å². The topological polar surface area (TPSA) is 60.9 Å². The molecular weight excluding hydrogens is 599 g/mol. The van der Waals surface area contributed by atoms with Crippen molar-refractivity contribution in [3.05, 3.63) is 12.4 Å². The summed E-state index contributed by atoms with van der Waals surface area (Å²) in [5.74, 6) is -44.8. The van der Waals surface area contributed by atoms with Gasteiger partial charge < -0.3 is 9.80 Å². The lowest BCUT2D eigenvalue weighted by Crippen LogP contribution is -2.70. The Morgan fingerprint density at radius 2 is 1.11 bits per heavy atom. The van der Waals surface area contributed by atoms with Gasteiger partial charge in [-0.2, -0.15) is 83.1 Å². The molecule has 0 saturated heterocycles. The molecule has 0 aliphatic carbocycles. The van der Waals surface area contributed by atoms with Crippen molar-refractivity contribution in [3.8, 4) is 0 Å². The lowest BCUT2D eigenvalue weighted by atomic mass is 9.92. The van der Waals surface area contributed by atoms with Gasteiger partial charge in [0.15, 0.2) is 6.17 Å². The largest absolute Gasteiger partial charge is 0.460 e. The fourth-order valence-electron chi connectivity index (χ4n) is 2.80. The molecule has 1 aliphatic heterocycles. The number of rotatable bonds is 10. The highest BCUT2D eigenvalue weighted by Crippen LogP contribution is 2.60. The van der Waals surface area contributed by atoms with Crippen molar-refractivity contribution in [3.63, 3.8) is 0 Å². The molecule has 1 heterocycles. The normalized spacial score (nSPS) is 19.7. The molecule has 0 aromatic carbocycles. The van der Waals surface area contributed by atoms with Crippen LogP contribution in [0.1, 0.15) is 6.42 Å². The Morgan fingerprint density at radius 1 is 0.703 bits per heavy atom. The van der Waals surface area contributed by atoms with E-state index >= 15 is 0 Å². The zero-order valence-corrected chi connectivity index (χ0v) is 18.0. The van der Waals surface area contributed by atoms with Crippen LogP contribution >= 0.6 is 0 Å². The van der Waals surface area contributed by atoms with Crippen molar-refractivity contribution in [1.82, 2.24) is 9.80 Å². The van der Waals surface area contributed by atoms with Gasteiger partial charge in [0, 0.05) is 32.4 Å². The summed E-state index contributed by atoms with van der Waals surface area (Å²) in [4.78, 5) is -0.619. The van der Waals surface area contributed by atoms with Crippen molar-refractivity contribution >= 4 is 10.1 Å². The molecule has 0 radical (unpaired) electrons. The van der Waals surface area contributed by atoms with Gasteiger partial charge in [0.25, 0.3) is 0 Å². The average Bonchev–Trinajstić information content (AvgIpc) is 3.05. The second-order valence-corrected chi connectivity index (χ2v) is 8.90. The first-order chi connectivity index (χ1) is 15.9. The number of halogens is 17. The van der Waals surface area contributed by atoms with Crippen LogP contribution in [0.3, 0.4) is 0 Å². The highest BCUT2D eigenvalue weighted by molar-refractivity contribution is 7.87. The summed E-state index contributed by atoms with van der Waals surface area (Å²) in [6, 6.07) is 0. The average molecular weight is 610 g/mol. The maximum Gasteiger partial charge on any atom is 0.460 e. The van der Waals surface area contributed by atoms with Crippen LogP contribution in [0.25, 0.3) is 0 Å². The summed E-state index contributed by atoms with van der Waals surface area (Å²) in [7, 11) is -6.52. The van der Waals surface area contributed by atoms with E-state index in [4.69, 9.17) is 4.55 Å². The quantitative estimate of drug-likeness (QED) is 0.270. The van der Waals surface area contributed by atoms with Crippen LogP contribution in [0.2, 0.25) is 0 Å². The second-order valence-electron chi connectivity index (χ2n) is 7.44. The van der Waals surface area contributed by atoms with Crippen LogP contribution in [-0.4, -0.2) is 89.5 Å². The first kappa shape index (κ1) is 33.1. The van der Waals surface area contributed by atoms with Crippen molar-refractivity contribution < 1.29 is 87.6 Å². The minimum Gasteiger partial charge on any atom is -0.354 e. The molecule has 220 valence electrons. The number of nitrogens with zero attached hydrogens (tertiary/aromatic N) is 2. The highest BCUT2D eigenvalue weighted by Gasteiger charge is 2.90. The van der Waals surface area contributed by atoms with E-state index in [1.807, 2.05) is 0 Å². The Kier molecular flexibility index (Phi) is 7.86. The summed E-state index contributed by atoms with van der Waals surface area (Å²) in [5, 5.41) is -6.39. The van der Waals surface area contributed by atoms with Crippen molar-refractivity contribution in [2.24, 2.45) is 0 Å². The van der Waals surface area contributed by atoms with Gasteiger partial charge in [0.05, 0.1) is 0 Å². The zero-order chi connectivity index (χ0) is 30.1. The summed E-state index contributed by atoms with van der Waals surface area (Å²) in [6.07, 6.45) is -13.8. The maximum absolute atomic E-state index is 14.2. The molecule has 1 aliphatic rings. The van der Waals surface area contributed by atoms with Gasteiger partial charge in [0.2, 0.25) is 0 Å². The summed E-state index contributed by atoms with van der Waals surface area (Å²) >= 11 is 0. The molecule has 0 spiro atoms. The SMILES string of the molecule is CN1C=CN(CCC(F)(F)C(F)(F)C(F)(F)C(F)(F)C(F)(F)C(F)(F)F)C1C(F)(F)C(F)(F)S(=O)(=O)O. The predicted molar refractivity (Wildman–Crippen MR) is 84.2 cm³/mol. The van der Waals surface area contributed by atoms with E-state index in [1.54, 1.807) is 0 Å². The van der Waals surface area contributed by atoms with Crippen LogP contribution in [0, 0.1) is 0 Å². The maximum atomic E-state index is 14.2. The van der Waals surface area contributed by atoms with Gasteiger partial charge in [-0.25, -0.2) is 0 Å². The van der Waals surface area contributed by atoms with Crippen LogP contribution < -0.4 is 0 Å². The van der Waals surface area contributed by atoms with E-state index in [0.29, 0.717) is 7.05 Å². The van der Waals surface area contributed by atoms with Gasteiger partial charge in [-0.15, -0.1) is 0 Å². The first-order valence-electron chi connectivity index (χ1n) is 8.70. The smallest absolute Gasteiger partial charge is 0.354 e. The molecule has 0 saturated carbocycles. The van der Waals surface area contributed by atoms with E-state index in [-0.39, 0.29) is 17.3 Å². The fourth-order valence-corrected chi connectivity index (χ4v) is 3.25. The van der Waals surface area contributed by atoms with E-state index in [0.717, 1.165) is 0 Å². The number of hydrogen-bond acceptors (Lipinski definition) is 4. The van der Waals surface area contributed by atoms with Crippen LogP contribution in [-0.2, 0) is 10.1 Å². The lowest BCUT2D eigenvalue weighted by Gasteiger charge is -2.41. The highest BCUT2D eigenvalue weighted by atomic mass is 32.2. The molecule has 0 aromatic heterocycles. The Morgan fingerprint density at radius 3 is 1.49 bits per heavy atom. The molecule has 1 atom stereocenters. The third-order valence-corrected chi connectivity index (χ3v) is 5.83. The van der Waals surface area contributed by atoms with Crippen LogP contribution in [0.4, 0.5) is 74.6 Å². The Bertz CT molecular complexity index is 992. The van der Waals surface area contributed by atoms with Crippen molar-refractivity contribution in [1.29, 1.82) is 0 Å². The summed E-state index contributed by atoms with van der Waals surface area (Å²) < 4.78 is 256. The summed E-state index contributed by atoms with van der Waals surface area (Å²) in [5.41, 5.74) is 0. The molecular formula is C14H11F17N2O3S. The number of hydrogen-bond donors (Lipinski definition) is 1. The lowest BCUT2D eigenvalue weighted by molar-refractivity contribution is -0.440. The Hall–Kier alpha value is -1.94. The summed E-state index contributed by atoms with van der Waals surface area (Å²) in [6.45, 7) is -2.23. The van der Waals surface area contributed by atoms with Gasteiger partial charge in [-0.05, 0) is 0 Å². The van der Waals surface area contributed by atoms with Gasteiger partial charge in [-0.3, -0.25) is 4.55 Å². The minimum absolute atomic E-state index is 0.0808. The molecule has 1 rings (SSSR count). The predicted octanol–water partition coefficient (Wildman–Crippen LogP) is 5.28. The minimum atomic E-state index is -8.20. The first-order valence-corrected chi connectivity index (χ1v) is 10.1.